The molecule has 98 valence electrons. The first-order chi connectivity index (χ1) is 9.16. The van der Waals surface area contributed by atoms with Gasteiger partial charge >= 0.3 is 0 Å². The van der Waals surface area contributed by atoms with Gasteiger partial charge in [-0.25, -0.2) is 4.39 Å². The van der Waals surface area contributed by atoms with Crippen molar-refractivity contribution < 1.29 is 4.39 Å². The van der Waals surface area contributed by atoms with Crippen molar-refractivity contribution in [3.8, 4) is 0 Å². The van der Waals surface area contributed by atoms with Crippen LogP contribution >= 0.6 is 0 Å². The first-order valence-electron chi connectivity index (χ1n) is 6.33. The standard InChI is InChI=1S/C17H18FN/c1-19(2)13-12-17(14-6-4-3-5-7-14)15-8-10-16(18)11-9-15/h3-12H,13H2,1-2H3. The van der Waals surface area contributed by atoms with Crippen LogP contribution in [0.1, 0.15) is 11.1 Å². The monoisotopic (exact) mass is 255 g/mol. The van der Waals surface area contributed by atoms with E-state index in [0.29, 0.717) is 0 Å². The summed E-state index contributed by atoms with van der Waals surface area (Å²) >= 11 is 0. The summed E-state index contributed by atoms with van der Waals surface area (Å²) in [5.74, 6) is -0.205. The molecular weight excluding hydrogens is 237 g/mol. The number of hydrogen-bond donors (Lipinski definition) is 0. The average Bonchev–Trinajstić information content (AvgIpc) is 2.42. The summed E-state index contributed by atoms with van der Waals surface area (Å²) in [7, 11) is 4.06. The van der Waals surface area contributed by atoms with E-state index in [1.165, 1.54) is 12.1 Å². The fourth-order valence-electron chi connectivity index (χ4n) is 1.92. The van der Waals surface area contributed by atoms with E-state index in [2.05, 4.69) is 23.1 Å². The minimum atomic E-state index is -0.205. The first-order valence-corrected chi connectivity index (χ1v) is 6.33. The molecule has 0 unspecified atom stereocenters. The molecule has 2 rings (SSSR count). The molecule has 0 bridgehead atoms. The van der Waals surface area contributed by atoms with Crippen LogP contribution in [0.25, 0.3) is 5.57 Å². The summed E-state index contributed by atoms with van der Waals surface area (Å²) in [6, 6.07) is 16.8. The van der Waals surface area contributed by atoms with Crippen LogP contribution in [0.15, 0.2) is 60.7 Å². The molecule has 19 heavy (non-hydrogen) atoms. The molecule has 2 heteroatoms. The second-order valence-electron chi connectivity index (χ2n) is 4.75. The zero-order chi connectivity index (χ0) is 13.7. The Kier molecular flexibility index (Phi) is 4.48. The van der Waals surface area contributed by atoms with Gasteiger partial charge in [-0.05, 0) is 42.9 Å². The Morgan fingerprint density at radius 2 is 1.53 bits per heavy atom. The molecule has 0 saturated heterocycles. The summed E-state index contributed by atoms with van der Waals surface area (Å²) in [5.41, 5.74) is 3.32. The van der Waals surface area contributed by atoms with Crippen LogP contribution in [0, 0.1) is 5.82 Å². The topological polar surface area (TPSA) is 3.24 Å². The van der Waals surface area contributed by atoms with Gasteiger partial charge in [0.05, 0.1) is 0 Å². The zero-order valence-corrected chi connectivity index (χ0v) is 11.3. The molecule has 0 fully saturated rings. The molecule has 0 atom stereocenters. The van der Waals surface area contributed by atoms with E-state index in [-0.39, 0.29) is 5.82 Å². The maximum atomic E-state index is 13.0. The van der Waals surface area contributed by atoms with E-state index in [1.807, 2.05) is 44.4 Å². The molecule has 0 aliphatic rings. The largest absolute Gasteiger partial charge is 0.306 e. The molecule has 2 aromatic rings. The highest BCUT2D eigenvalue weighted by molar-refractivity contribution is 5.79. The molecule has 0 N–H and O–H groups in total. The number of benzene rings is 2. The molecule has 0 radical (unpaired) electrons. The second-order valence-corrected chi connectivity index (χ2v) is 4.75. The van der Waals surface area contributed by atoms with Crippen molar-refractivity contribution in [1.29, 1.82) is 0 Å². The van der Waals surface area contributed by atoms with Gasteiger partial charge < -0.3 is 4.90 Å². The molecule has 0 saturated carbocycles. The van der Waals surface area contributed by atoms with Gasteiger partial charge in [0.15, 0.2) is 0 Å². The summed E-state index contributed by atoms with van der Waals surface area (Å²) in [4.78, 5) is 2.10. The number of nitrogens with zero attached hydrogens (tertiary/aromatic N) is 1. The fourth-order valence-corrected chi connectivity index (χ4v) is 1.92. The zero-order valence-electron chi connectivity index (χ0n) is 11.3. The lowest BCUT2D eigenvalue weighted by Gasteiger charge is -2.11. The third-order valence-electron chi connectivity index (χ3n) is 2.90. The third-order valence-corrected chi connectivity index (χ3v) is 2.90. The summed E-state index contributed by atoms with van der Waals surface area (Å²) in [6.45, 7) is 0.849. The van der Waals surface area contributed by atoms with Crippen molar-refractivity contribution >= 4 is 5.57 Å². The van der Waals surface area contributed by atoms with Gasteiger partial charge in [-0.3, -0.25) is 0 Å². The van der Waals surface area contributed by atoms with E-state index >= 15 is 0 Å². The van der Waals surface area contributed by atoms with Crippen LogP contribution < -0.4 is 0 Å². The second kappa shape index (κ2) is 6.30. The fraction of sp³-hybridized carbons (Fsp3) is 0.176. The lowest BCUT2D eigenvalue weighted by atomic mass is 9.97. The van der Waals surface area contributed by atoms with Crippen molar-refractivity contribution in [1.82, 2.24) is 4.90 Å². The summed E-state index contributed by atoms with van der Waals surface area (Å²) < 4.78 is 13.0. The third kappa shape index (κ3) is 3.76. The van der Waals surface area contributed by atoms with Crippen LogP contribution in [0.3, 0.4) is 0 Å². The van der Waals surface area contributed by atoms with Crippen LogP contribution in [0.2, 0.25) is 0 Å². The van der Waals surface area contributed by atoms with Crippen LogP contribution in [0.4, 0.5) is 4.39 Å². The maximum absolute atomic E-state index is 13.0. The van der Waals surface area contributed by atoms with Crippen molar-refractivity contribution in [3.05, 3.63) is 77.6 Å². The molecule has 0 aromatic heterocycles. The Labute approximate surface area is 114 Å². The van der Waals surface area contributed by atoms with Gasteiger partial charge in [0, 0.05) is 6.54 Å². The predicted molar refractivity (Wildman–Crippen MR) is 78.5 cm³/mol. The smallest absolute Gasteiger partial charge is 0.123 e. The van der Waals surface area contributed by atoms with Gasteiger partial charge in [-0.1, -0.05) is 48.5 Å². The Morgan fingerprint density at radius 1 is 0.947 bits per heavy atom. The molecule has 2 aromatic carbocycles. The SMILES string of the molecule is CN(C)CC=C(c1ccccc1)c1ccc(F)cc1. The quantitative estimate of drug-likeness (QED) is 0.802. The normalized spacial score (nSPS) is 11.9. The number of halogens is 1. The number of rotatable bonds is 4. The van der Waals surface area contributed by atoms with E-state index in [9.17, 15) is 4.39 Å². The summed E-state index contributed by atoms with van der Waals surface area (Å²) in [6.07, 6.45) is 2.17. The Hall–Kier alpha value is -1.93. The van der Waals surface area contributed by atoms with Crippen LogP contribution in [-0.4, -0.2) is 25.5 Å². The molecule has 0 aliphatic heterocycles. The molecule has 0 amide bonds. The Bertz CT molecular complexity index is 541. The maximum Gasteiger partial charge on any atom is 0.123 e. The number of hydrogen-bond acceptors (Lipinski definition) is 1. The Morgan fingerprint density at radius 3 is 2.11 bits per heavy atom. The molecule has 0 spiro atoms. The van der Waals surface area contributed by atoms with E-state index in [1.54, 1.807) is 0 Å². The number of likely N-dealkylation sites (N-methyl/N-ethyl adjacent to an activating group) is 1. The highest BCUT2D eigenvalue weighted by Crippen LogP contribution is 2.23. The van der Waals surface area contributed by atoms with Gasteiger partial charge in [0.1, 0.15) is 5.82 Å². The minimum Gasteiger partial charge on any atom is -0.306 e. The van der Waals surface area contributed by atoms with Crippen molar-refractivity contribution in [2.45, 2.75) is 0 Å². The molecule has 1 nitrogen and oxygen atoms in total. The van der Waals surface area contributed by atoms with Gasteiger partial charge in [0.25, 0.3) is 0 Å². The summed E-state index contributed by atoms with van der Waals surface area (Å²) in [5, 5.41) is 0. The molecular formula is C17H18FN. The van der Waals surface area contributed by atoms with Crippen LogP contribution in [-0.2, 0) is 0 Å². The van der Waals surface area contributed by atoms with Crippen molar-refractivity contribution in [2.75, 3.05) is 20.6 Å². The van der Waals surface area contributed by atoms with Crippen LogP contribution in [0.5, 0.6) is 0 Å². The van der Waals surface area contributed by atoms with Gasteiger partial charge in [-0.2, -0.15) is 0 Å². The van der Waals surface area contributed by atoms with E-state index in [4.69, 9.17) is 0 Å². The predicted octanol–water partition coefficient (Wildman–Crippen LogP) is 3.82. The molecule has 0 heterocycles. The highest BCUT2D eigenvalue weighted by Gasteiger charge is 2.04. The van der Waals surface area contributed by atoms with E-state index < -0.39 is 0 Å². The van der Waals surface area contributed by atoms with Crippen molar-refractivity contribution in [2.24, 2.45) is 0 Å². The average molecular weight is 255 g/mol. The molecule has 0 aliphatic carbocycles. The first kappa shape index (κ1) is 13.5. The van der Waals surface area contributed by atoms with Gasteiger partial charge in [0.2, 0.25) is 0 Å². The lowest BCUT2D eigenvalue weighted by molar-refractivity contribution is 0.457. The van der Waals surface area contributed by atoms with E-state index in [0.717, 1.165) is 23.2 Å². The van der Waals surface area contributed by atoms with Gasteiger partial charge in [-0.15, -0.1) is 0 Å². The highest BCUT2D eigenvalue weighted by atomic mass is 19.1. The minimum absolute atomic E-state index is 0.205. The lowest BCUT2D eigenvalue weighted by Crippen LogP contribution is -2.11. The van der Waals surface area contributed by atoms with Crippen molar-refractivity contribution in [3.63, 3.8) is 0 Å². The Balaban J connectivity index is 2.40.